The molecule has 1 heterocycles. The predicted molar refractivity (Wildman–Crippen MR) is 188 cm³/mol. The molecule has 0 atom stereocenters. The molecule has 0 fully saturated rings. The lowest BCUT2D eigenvalue weighted by atomic mass is 9.89. The second kappa shape index (κ2) is 16.7. The number of nitrogens with zero attached hydrogens (tertiary/aromatic N) is 3. The van der Waals surface area contributed by atoms with Gasteiger partial charge in [-0.05, 0) is 91.5 Å². The Hall–Kier alpha value is -3.79. The summed E-state index contributed by atoms with van der Waals surface area (Å²) < 4.78 is 5.95. The van der Waals surface area contributed by atoms with Crippen molar-refractivity contribution in [3.05, 3.63) is 101 Å². The van der Waals surface area contributed by atoms with Gasteiger partial charge in [0.25, 0.3) is 0 Å². The van der Waals surface area contributed by atoms with Crippen molar-refractivity contribution in [2.45, 2.75) is 80.6 Å². The molecule has 0 spiro atoms. The zero-order valence-electron chi connectivity index (χ0n) is 27.6. The summed E-state index contributed by atoms with van der Waals surface area (Å²) in [6, 6.07) is 10.9. The molecule has 2 aromatic carbocycles. The number of rotatable bonds is 14. The third-order valence-corrected chi connectivity index (χ3v) is 7.65. The Morgan fingerprint density at radius 3 is 2.47 bits per heavy atom. The van der Waals surface area contributed by atoms with E-state index in [0.29, 0.717) is 5.92 Å². The van der Waals surface area contributed by atoms with E-state index in [2.05, 4.69) is 86.2 Å². The van der Waals surface area contributed by atoms with Gasteiger partial charge in [0.05, 0.1) is 30.0 Å². The van der Waals surface area contributed by atoms with Gasteiger partial charge >= 0.3 is 0 Å². The first-order chi connectivity index (χ1) is 20.9. The van der Waals surface area contributed by atoms with Gasteiger partial charge in [-0.2, -0.15) is 0 Å². The van der Waals surface area contributed by atoms with Gasteiger partial charge in [0.15, 0.2) is 0 Å². The fourth-order valence-electron chi connectivity index (χ4n) is 5.05. The Balaban J connectivity index is 0.00000248. The first-order valence-corrected chi connectivity index (χ1v) is 15.9. The van der Waals surface area contributed by atoms with E-state index in [9.17, 15) is 0 Å². The van der Waals surface area contributed by atoms with Gasteiger partial charge in [-0.15, -0.1) is 0 Å². The average Bonchev–Trinajstić information content (AvgIpc) is 3.87. The zero-order valence-corrected chi connectivity index (χ0v) is 27.6. The normalized spacial score (nSPS) is 13.3. The Morgan fingerprint density at radius 1 is 1.07 bits per heavy atom. The van der Waals surface area contributed by atoms with Crippen molar-refractivity contribution in [3.8, 4) is 5.75 Å². The molecule has 1 aromatic heterocycles. The number of hydrogen-bond acceptors (Lipinski definition) is 4. The maximum absolute atomic E-state index is 5.95. The quantitative estimate of drug-likeness (QED) is 0.142. The van der Waals surface area contributed by atoms with Crippen LogP contribution in [0.4, 0.5) is 0 Å². The standard InChI is InChI=1S/C37H44N3O.C2H6/c1-8-11-27(18-28-13-17-34-35(20-28)40-36(24-39-34)29(9-2)23-38-10-3)19-32-21-31(30-14-15-30)22-37(41-7)33(32)16-12-26(6)25(4)5;1-2/h9,13-15,17-18,20-25H,6,8,10-12,16,19H2,1-5,7H3;1-2H3/b27-18+,29-9+,38-23?;. The topological polar surface area (TPSA) is 47.4 Å². The lowest BCUT2D eigenvalue weighted by molar-refractivity contribution is 0.408. The first-order valence-electron chi connectivity index (χ1n) is 15.9. The molecular weight excluding hydrogens is 526 g/mol. The highest BCUT2D eigenvalue weighted by Gasteiger charge is 2.19. The highest BCUT2D eigenvalue weighted by atomic mass is 16.5. The largest absolute Gasteiger partial charge is 0.496 e. The summed E-state index contributed by atoms with van der Waals surface area (Å²) in [5.41, 5.74) is 12.6. The van der Waals surface area contributed by atoms with E-state index < -0.39 is 0 Å². The number of fused-ring (bicyclic) bond motifs is 1. The van der Waals surface area contributed by atoms with E-state index in [0.717, 1.165) is 72.3 Å². The van der Waals surface area contributed by atoms with E-state index in [-0.39, 0.29) is 0 Å². The SMILES string of the molecule is C=C(CCc1c(C/C(=C/c2ccc3ncc(/C(C=NCC)=C/C)nc3c2)CCC)cc(C2=C[CH]2)cc1OC)C(C)C.CC. The van der Waals surface area contributed by atoms with E-state index in [4.69, 9.17) is 9.72 Å². The fourth-order valence-corrected chi connectivity index (χ4v) is 5.05. The van der Waals surface area contributed by atoms with Gasteiger partial charge in [-0.3, -0.25) is 9.98 Å². The van der Waals surface area contributed by atoms with Crippen LogP contribution in [0.1, 0.15) is 95.7 Å². The van der Waals surface area contributed by atoms with Crippen LogP contribution in [0.25, 0.3) is 28.3 Å². The number of hydrogen-bond donors (Lipinski definition) is 0. The number of allylic oxidation sites excluding steroid dienone is 6. The summed E-state index contributed by atoms with van der Waals surface area (Å²) in [7, 11) is 1.79. The smallest absolute Gasteiger partial charge is 0.122 e. The van der Waals surface area contributed by atoms with Crippen LogP contribution in [-0.2, 0) is 12.8 Å². The molecule has 0 amide bonds. The molecule has 3 aromatic rings. The summed E-state index contributed by atoms with van der Waals surface area (Å²) in [5.74, 6) is 1.45. The average molecular weight is 577 g/mol. The van der Waals surface area contributed by atoms with Gasteiger partial charge in [0.1, 0.15) is 5.75 Å². The van der Waals surface area contributed by atoms with Crippen molar-refractivity contribution < 1.29 is 4.74 Å². The van der Waals surface area contributed by atoms with E-state index in [1.54, 1.807) is 7.11 Å². The Kier molecular flexibility index (Phi) is 13.1. The molecule has 4 nitrogen and oxygen atoms in total. The molecule has 0 saturated carbocycles. The van der Waals surface area contributed by atoms with Crippen LogP contribution in [0.3, 0.4) is 0 Å². The van der Waals surface area contributed by atoms with Crippen LogP contribution in [0.15, 0.2) is 71.4 Å². The van der Waals surface area contributed by atoms with Gasteiger partial charge < -0.3 is 4.74 Å². The maximum atomic E-state index is 5.95. The summed E-state index contributed by atoms with van der Waals surface area (Å²) in [4.78, 5) is 14.0. The molecular formula is C39H50N3O. The predicted octanol–water partition coefficient (Wildman–Crippen LogP) is 10.3. The van der Waals surface area contributed by atoms with Crippen molar-refractivity contribution in [1.29, 1.82) is 0 Å². The first kappa shape index (κ1) is 33.7. The number of aliphatic imine (C=N–C) groups is 1. The van der Waals surface area contributed by atoms with Gasteiger partial charge in [0, 0.05) is 24.8 Å². The van der Waals surface area contributed by atoms with Crippen molar-refractivity contribution in [1.82, 2.24) is 9.97 Å². The third kappa shape index (κ3) is 9.35. The van der Waals surface area contributed by atoms with Gasteiger partial charge in [-0.25, -0.2) is 4.98 Å². The van der Waals surface area contributed by atoms with Crippen molar-refractivity contribution in [2.75, 3.05) is 13.7 Å². The number of aromatic nitrogens is 2. The van der Waals surface area contributed by atoms with Gasteiger partial charge in [-0.1, -0.05) is 89.1 Å². The van der Waals surface area contributed by atoms with Crippen LogP contribution in [0.5, 0.6) is 5.75 Å². The van der Waals surface area contributed by atoms with Crippen LogP contribution in [-0.4, -0.2) is 29.8 Å². The van der Waals surface area contributed by atoms with Crippen LogP contribution in [0, 0.1) is 12.3 Å². The summed E-state index contributed by atoms with van der Waals surface area (Å²) in [5, 5.41) is 0. The highest BCUT2D eigenvalue weighted by molar-refractivity contribution is 6.09. The van der Waals surface area contributed by atoms with Crippen LogP contribution >= 0.6 is 0 Å². The zero-order chi connectivity index (χ0) is 31.4. The fraction of sp³-hybridized carbons (Fsp3) is 0.385. The highest BCUT2D eigenvalue weighted by Crippen LogP contribution is 2.37. The molecule has 0 unspecified atom stereocenters. The van der Waals surface area contributed by atoms with E-state index in [1.807, 2.05) is 46.2 Å². The molecule has 227 valence electrons. The number of ether oxygens (including phenoxy) is 1. The number of benzene rings is 2. The van der Waals surface area contributed by atoms with E-state index in [1.165, 1.54) is 33.4 Å². The molecule has 1 aliphatic rings. The van der Waals surface area contributed by atoms with Crippen molar-refractivity contribution in [3.63, 3.8) is 0 Å². The van der Waals surface area contributed by atoms with Gasteiger partial charge in [0.2, 0.25) is 0 Å². The minimum absolute atomic E-state index is 0.477. The molecule has 1 aliphatic carbocycles. The number of methoxy groups -OCH3 is 1. The summed E-state index contributed by atoms with van der Waals surface area (Å²) in [6.07, 6.45) is 17.3. The summed E-state index contributed by atoms with van der Waals surface area (Å²) >= 11 is 0. The molecule has 4 rings (SSSR count). The minimum Gasteiger partial charge on any atom is -0.496 e. The Morgan fingerprint density at radius 2 is 1.84 bits per heavy atom. The molecule has 1 radical (unpaired) electrons. The molecule has 0 bridgehead atoms. The van der Waals surface area contributed by atoms with Crippen LogP contribution in [0.2, 0.25) is 0 Å². The van der Waals surface area contributed by atoms with Crippen LogP contribution < -0.4 is 4.74 Å². The monoisotopic (exact) mass is 576 g/mol. The van der Waals surface area contributed by atoms with E-state index >= 15 is 0 Å². The lowest BCUT2D eigenvalue weighted by Gasteiger charge is -2.19. The molecule has 0 saturated heterocycles. The minimum atomic E-state index is 0.477. The second-order valence-electron chi connectivity index (χ2n) is 11.0. The molecule has 0 aliphatic heterocycles. The third-order valence-electron chi connectivity index (χ3n) is 7.65. The Labute approximate surface area is 260 Å². The summed E-state index contributed by atoms with van der Waals surface area (Å²) in [6.45, 7) is 19.8. The van der Waals surface area contributed by atoms with Crippen molar-refractivity contribution >= 4 is 34.5 Å². The molecule has 4 heteroatoms. The Bertz CT molecular complexity index is 1520. The molecule has 0 N–H and O–H groups in total. The lowest BCUT2D eigenvalue weighted by Crippen LogP contribution is -2.04. The maximum Gasteiger partial charge on any atom is 0.122 e. The molecule has 43 heavy (non-hydrogen) atoms. The second-order valence-corrected chi connectivity index (χ2v) is 11.0. The van der Waals surface area contributed by atoms with Crippen molar-refractivity contribution in [2.24, 2.45) is 10.9 Å².